The number of nitrogens with one attached hydrogen (secondary N) is 1. The number of pyridine rings is 1. The van der Waals surface area contributed by atoms with Gasteiger partial charge >= 0.3 is 0 Å². The van der Waals surface area contributed by atoms with E-state index in [9.17, 15) is 0 Å². The van der Waals surface area contributed by atoms with Gasteiger partial charge in [-0.1, -0.05) is 30.7 Å². The monoisotopic (exact) mass is 288 g/mol. The number of hydrogen-bond donors (Lipinski definition) is 1. The normalized spacial score (nSPS) is 14.5. The first kappa shape index (κ1) is 13.8. The molecule has 0 radical (unpaired) electrons. The van der Waals surface area contributed by atoms with Crippen LogP contribution in [0.1, 0.15) is 43.0 Å². The summed E-state index contributed by atoms with van der Waals surface area (Å²) in [5.41, 5.74) is 5.13. The zero-order chi connectivity index (χ0) is 13.9. The standard InChI is InChI=1S/C17H21ClN2/c1-2-10-19-11-14-12-6-3-4-9-16(12)20-17-13(14)7-5-8-15(17)18/h5,7-8,19H,2-4,6,9-11H2,1H3. The molecular weight excluding hydrogens is 268 g/mol. The molecule has 0 unspecified atom stereocenters. The van der Waals surface area contributed by atoms with E-state index in [0.717, 1.165) is 42.9 Å². The molecule has 1 N–H and O–H groups in total. The molecule has 3 rings (SSSR count). The number of fused-ring (bicyclic) bond motifs is 2. The third-order valence-electron chi connectivity index (χ3n) is 4.09. The molecule has 3 heteroatoms. The van der Waals surface area contributed by atoms with Gasteiger partial charge in [0.2, 0.25) is 0 Å². The summed E-state index contributed by atoms with van der Waals surface area (Å²) in [6.45, 7) is 4.18. The van der Waals surface area contributed by atoms with Gasteiger partial charge in [0.15, 0.2) is 0 Å². The fourth-order valence-corrected chi connectivity index (χ4v) is 3.32. The lowest BCUT2D eigenvalue weighted by atomic mass is 9.90. The van der Waals surface area contributed by atoms with Crippen molar-refractivity contribution in [2.45, 2.75) is 45.6 Å². The predicted molar refractivity (Wildman–Crippen MR) is 85.4 cm³/mol. The van der Waals surface area contributed by atoms with Crippen LogP contribution in [0.3, 0.4) is 0 Å². The molecule has 0 amide bonds. The van der Waals surface area contributed by atoms with Crippen molar-refractivity contribution in [1.82, 2.24) is 10.3 Å². The van der Waals surface area contributed by atoms with Gasteiger partial charge in [0.25, 0.3) is 0 Å². The minimum absolute atomic E-state index is 0.771. The highest BCUT2D eigenvalue weighted by molar-refractivity contribution is 6.35. The maximum absolute atomic E-state index is 6.35. The molecular formula is C17H21ClN2. The topological polar surface area (TPSA) is 24.9 Å². The first-order chi connectivity index (χ1) is 9.81. The molecule has 1 heterocycles. The number of aryl methyl sites for hydroxylation is 1. The summed E-state index contributed by atoms with van der Waals surface area (Å²) in [7, 11) is 0. The molecule has 1 aromatic heterocycles. The average Bonchev–Trinajstić information content (AvgIpc) is 2.48. The number of halogens is 1. The van der Waals surface area contributed by atoms with E-state index in [4.69, 9.17) is 16.6 Å². The van der Waals surface area contributed by atoms with Gasteiger partial charge < -0.3 is 5.32 Å². The minimum atomic E-state index is 0.771. The van der Waals surface area contributed by atoms with Crippen molar-refractivity contribution in [3.05, 3.63) is 40.0 Å². The lowest BCUT2D eigenvalue weighted by Gasteiger charge is -2.21. The Balaban J connectivity index is 2.13. The summed E-state index contributed by atoms with van der Waals surface area (Å²) in [6, 6.07) is 6.13. The Hall–Kier alpha value is -1.12. The van der Waals surface area contributed by atoms with E-state index in [0.29, 0.717) is 0 Å². The minimum Gasteiger partial charge on any atom is -0.313 e. The van der Waals surface area contributed by atoms with Crippen LogP contribution >= 0.6 is 11.6 Å². The number of hydrogen-bond acceptors (Lipinski definition) is 2. The zero-order valence-electron chi connectivity index (χ0n) is 12.0. The maximum atomic E-state index is 6.35. The molecule has 2 aromatic rings. The number of rotatable bonds is 4. The Morgan fingerprint density at radius 3 is 2.95 bits per heavy atom. The van der Waals surface area contributed by atoms with Crippen LogP contribution in [0, 0.1) is 0 Å². The molecule has 20 heavy (non-hydrogen) atoms. The molecule has 0 aliphatic heterocycles. The smallest absolute Gasteiger partial charge is 0.0894 e. The van der Waals surface area contributed by atoms with Gasteiger partial charge in [0, 0.05) is 17.6 Å². The van der Waals surface area contributed by atoms with E-state index in [1.807, 2.05) is 12.1 Å². The van der Waals surface area contributed by atoms with Crippen LogP contribution in [0.4, 0.5) is 0 Å². The largest absolute Gasteiger partial charge is 0.313 e. The molecule has 0 spiro atoms. The fourth-order valence-electron chi connectivity index (χ4n) is 3.10. The first-order valence-electron chi connectivity index (χ1n) is 7.61. The van der Waals surface area contributed by atoms with Crippen molar-refractivity contribution in [2.24, 2.45) is 0 Å². The molecule has 0 atom stereocenters. The summed E-state index contributed by atoms with van der Waals surface area (Å²) < 4.78 is 0. The molecule has 0 saturated carbocycles. The van der Waals surface area contributed by atoms with Crippen LogP contribution in [-0.2, 0) is 19.4 Å². The summed E-state index contributed by atoms with van der Waals surface area (Å²) in [5, 5.41) is 5.54. The molecule has 0 fully saturated rings. The molecule has 106 valence electrons. The second-order valence-electron chi connectivity index (χ2n) is 5.54. The number of aromatic nitrogens is 1. The quantitative estimate of drug-likeness (QED) is 0.850. The van der Waals surface area contributed by atoms with Crippen LogP contribution in [0.15, 0.2) is 18.2 Å². The molecule has 2 nitrogen and oxygen atoms in total. The highest BCUT2D eigenvalue weighted by Gasteiger charge is 2.18. The second kappa shape index (κ2) is 6.11. The third kappa shape index (κ3) is 2.55. The van der Waals surface area contributed by atoms with Crippen LogP contribution in [0.5, 0.6) is 0 Å². The highest BCUT2D eigenvalue weighted by Crippen LogP contribution is 2.32. The van der Waals surface area contributed by atoms with Gasteiger partial charge in [0.05, 0.1) is 10.5 Å². The summed E-state index contributed by atoms with van der Waals surface area (Å²) >= 11 is 6.35. The van der Waals surface area contributed by atoms with E-state index in [1.165, 1.54) is 35.0 Å². The van der Waals surface area contributed by atoms with Gasteiger partial charge in [-0.3, -0.25) is 4.98 Å². The molecule has 1 aliphatic carbocycles. The van der Waals surface area contributed by atoms with E-state index >= 15 is 0 Å². The predicted octanol–water partition coefficient (Wildman–Crippen LogP) is 4.27. The van der Waals surface area contributed by atoms with Crippen LogP contribution in [0.2, 0.25) is 5.02 Å². The van der Waals surface area contributed by atoms with E-state index in [-0.39, 0.29) is 0 Å². The Labute approximate surface area is 125 Å². The van der Waals surface area contributed by atoms with Crippen molar-refractivity contribution < 1.29 is 0 Å². The lowest BCUT2D eigenvalue weighted by Crippen LogP contribution is -2.18. The number of benzene rings is 1. The van der Waals surface area contributed by atoms with Gasteiger partial charge in [-0.25, -0.2) is 0 Å². The SMILES string of the molecule is CCCNCc1c2c(nc3c(Cl)cccc13)CCCC2. The highest BCUT2D eigenvalue weighted by atomic mass is 35.5. The van der Waals surface area contributed by atoms with E-state index < -0.39 is 0 Å². The van der Waals surface area contributed by atoms with Crippen LogP contribution in [-0.4, -0.2) is 11.5 Å². The lowest BCUT2D eigenvalue weighted by molar-refractivity contribution is 0.640. The van der Waals surface area contributed by atoms with Crippen molar-refractivity contribution in [2.75, 3.05) is 6.54 Å². The van der Waals surface area contributed by atoms with Gasteiger partial charge in [-0.15, -0.1) is 0 Å². The number of para-hydroxylation sites is 1. The average molecular weight is 289 g/mol. The van der Waals surface area contributed by atoms with Crippen molar-refractivity contribution in [1.29, 1.82) is 0 Å². The molecule has 1 aliphatic rings. The number of nitrogens with zero attached hydrogens (tertiary/aromatic N) is 1. The van der Waals surface area contributed by atoms with Crippen LogP contribution < -0.4 is 5.32 Å². The van der Waals surface area contributed by atoms with Crippen LogP contribution in [0.25, 0.3) is 10.9 Å². The Kier molecular flexibility index (Phi) is 4.23. The van der Waals surface area contributed by atoms with Gasteiger partial charge in [-0.2, -0.15) is 0 Å². The fraction of sp³-hybridized carbons (Fsp3) is 0.471. The van der Waals surface area contributed by atoms with E-state index in [2.05, 4.69) is 18.3 Å². The zero-order valence-corrected chi connectivity index (χ0v) is 12.8. The van der Waals surface area contributed by atoms with Crippen molar-refractivity contribution >= 4 is 22.5 Å². The molecule has 1 aromatic carbocycles. The summed E-state index contributed by atoms with van der Waals surface area (Å²) in [6.07, 6.45) is 5.94. The Morgan fingerprint density at radius 1 is 1.25 bits per heavy atom. The second-order valence-corrected chi connectivity index (χ2v) is 5.94. The van der Waals surface area contributed by atoms with Gasteiger partial charge in [0.1, 0.15) is 0 Å². The Morgan fingerprint density at radius 2 is 2.10 bits per heavy atom. The maximum Gasteiger partial charge on any atom is 0.0894 e. The van der Waals surface area contributed by atoms with Crippen molar-refractivity contribution in [3.63, 3.8) is 0 Å². The molecule has 0 saturated heterocycles. The molecule has 0 bridgehead atoms. The van der Waals surface area contributed by atoms with Crippen molar-refractivity contribution in [3.8, 4) is 0 Å². The Bertz CT molecular complexity index is 622. The van der Waals surface area contributed by atoms with E-state index in [1.54, 1.807) is 0 Å². The first-order valence-corrected chi connectivity index (χ1v) is 7.98. The summed E-state index contributed by atoms with van der Waals surface area (Å²) in [4.78, 5) is 4.84. The summed E-state index contributed by atoms with van der Waals surface area (Å²) in [5.74, 6) is 0. The third-order valence-corrected chi connectivity index (χ3v) is 4.40. The van der Waals surface area contributed by atoms with Gasteiger partial charge in [-0.05, 0) is 55.8 Å².